The molecule has 0 saturated carbocycles. The maximum Gasteiger partial charge on any atom is 0.260 e. The zero-order chi connectivity index (χ0) is 18.0. The molecule has 1 saturated heterocycles. The molecule has 1 fully saturated rings. The van der Waals surface area contributed by atoms with Crippen LogP contribution in [0.15, 0.2) is 30.5 Å². The van der Waals surface area contributed by atoms with Crippen LogP contribution in [0.1, 0.15) is 37.6 Å². The molecule has 1 aromatic carbocycles. The van der Waals surface area contributed by atoms with Gasteiger partial charge in [-0.05, 0) is 38.5 Å². The molecule has 1 aromatic heterocycles. The maximum atomic E-state index is 12.4. The van der Waals surface area contributed by atoms with Gasteiger partial charge >= 0.3 is 0 Å². The highest BCUT2D eigenvalue weighted by Gasteiger charge is 2.42. The molecule has 2 aromatic rings. The van der Waals surface area contributed by atoms with Gasteiger partial charge in [-0.3, -0.25) is 4.79 Å². The van der Waals surface area contributed by atoms with Crippen LogP contribution in [0.2, 0.25) is 0 Å². The molecular formula is C18H24N4O3. The van der Waals surface area contributed by atoms with Crippen LogP contribution in [0.5, 0.6) is 5.75 Å². The molecule has 1 aliphatic heterocycles. The zero-order valence-electron chi connectivity index (χ0n) is 14.8. The second-order valence-electron chi connectivity index (χ2n) is 6.88. The Morgan fingerprint density at radius 1 is 1.44 bits per heavy atom. The molecule has 0 aliphatic carbocycles. The van der Waals surface area contributed by atoms with Crippen LogP contribution >= 0.6 is 0 Å². The van der Waals surface area contributed by atoms with Gasteiger partial charge < -0.3 is 14.7 Å². The lowest BCUT2D eigenvalue weighted by molar-refractivity contribution is -0.133. The van der Waals surface area contributed by atoms with Crippen molar-refractivity contribution < 1.29 is 14.6 Å². The number of hydrogen-bond acceptors (Lipinski definition) is 5. The number of rotatable bonds is 5. The number of ether oxygens (including phenoxy) is 1. The van der Waals surface area contributed by atoms with Crippen LogP contribution in [-0.4, -0.2) is 50.6 Å². The van der Waals surface area contributed by atoms with E-state index in [2.05, 4.69) is 10.3 Å². The topological polar surface area (TPSA) is 80.5 Å². The Bertz CT molecular complexity index is 758. The molecule has 0 unspecified atom stereocenters. The van der Waals surface area contributed by atoms with Crippen molar-refractivity contribution in [2.24, 2.45) is 0 Å². The standard InChI is InChI=1S/C18H24N4O3/c1-13(2)22-10-16(19-20-22)18(24)7-8-21(12-18)17(23)11-25-15-6-4-5-14(3)9-15/h4-6,9-10,13,24H,7-8,11-12H2,1-3H3/t18-/m0/s1. The quantitative estimate of drug-likeness (QED) is 0.892. The SMILES string of the molecule is Cc1cccc(OCC(=O)N2CC[C@@](O)(c3cn(C(C)C)nn3)C2)c1. The third-order valence-electron chi connectivity index (χ3n) is 4.47. The third-order valence-corrected chi connectivity index (χ3v) is 4.47. The first-order chi connectivity index (χ1) is 11.9. The summed E-state index contributed by atoms with van der Waals surface area (Å²) in [5.74, 6) is 0.524. The number of aromatic nitrogens is 3. The van der Waals surface area contributed by atoms with Crippen molar-refractivity contribution in [3.8, 4) is 5.75 Å². The van der Waals surface area contributed by atoms with Gasteiger partial charge in [0, 0.05) is 19.0 Å². The summed E-state index contributed by atoms with van der Waals surface area (Å²) in [5.41, 5.74) is 0.441. The van der Waals surface area contributed by atoms with Crippen LogP contribution in [0.4, 0.5) is 0 Å². The molecular weight excluding hydrogens is 320 g/mol. The highest BCUT2D eigenvalue weighted by atomic mass is 16.5. The highest BCUT2D eigenvalue weighted by molar-refractivity contribution is 5.78. The van der Waals surface area contributed by atoms with Crippen molar-refractivity contribution in [2.45, 2.75) is 38.8 Å². The Labute approximate surface area is 147 Å². The summed E-state index contributed by atoms with van der Waals surface area (Å²) in [6.07, 6.45) is 2.20. The normalized spacial score (nSPS) is 20.3. The second kappa shape index (κ2) is 6.84. The first-order valence-corrected chi connectivity index (χ1v) is 8.49. The number of likely N-dealkylation sites (tertiary alicyclic amines) is 1. The van der Waals surface area contributed by atoms with Crippen molar-refractivity contribution in [3.05, 3.63) is 41.7 Å². The summed E-state index contributed by atoms with van der Waals surface area (Å²) in [7, 11) is 0. The summed E-state index contributed by atoms with van der Waals surface area (Å²) in [6, 6.07) is 7.75. The number of aliphatic hydroxyl groups is 1. The lowest BCUT2D eigenvalue weighted by Crippen LogP contribution is -2.37. The number of hydrogen-bond donors (Lipinski definition) is 1. The van der Waals surface area contributed by atoms with E-state index in [0.717, 1.165) is 5.56 Å². The van der Waals surface area contributed by atoms with Crippen LogP contribution in [-0.2, 0) is 10.4 Å². The number of carbonyl (C=O) groups is 1. The van der Waals surface area contributed by atoms with Crippen LogP contribution in [0, 0.1) is 6.92 Å². The van der Waals surface area contributed by atoms with Gasteiger partial charge in [-0.2, -0.15) is 0 Å². The molecule has 25 heavy (non-hydrogen) atoms. The van der Waals surface area contributed by atoms with Gasteiger partial charge in [0.15, 0.2) is 6.61 Å². The lowest BCUT2D eigenvalue weighted by Gasteiger charge is -2.21. The summed E-state index contributed by atoms with van der Waals surface area (Å²) in [6.45, 7) is 6.60. The monoisotopic (exact) mass is 344 g/mol. The summed E-state index contributed by atoms with van der Waals surface area (Å²) >= 11 is 0. The van der Waals surface area contributed by atoms with Gasteiger partial charge in [0.25, 0.3) is 5.91 Å². The maximum absolute atomic E-state index is 12.4. The Hall–Kier alpha value is -2.41. The average Bonchev–Trinajstić information content (AvgIpc) is 3.21. The number of aryl methyl sites for hydroxylation is 1. The average molecular weight is 344 g/mol. The molecule has 1 N–H and O–H groups in total. The summed E-state index contributed by atoms with van der Waals surface area (Å²) in [4.78, 5) is 14.0. The second-order valence-corrected chi connectivity index (χ2v) is 6.88. The fourth-order valence-electron chi connectivity index (χ4n) is 2.90. The smallest absolute Gasteiger partial charge is 0.260 e. The van der Waals surface area contributed by atoms with E-state index in [1.165, 1.54) is 0 Å². The van der Waals surface area contributed by atoms with E-state index in [4.69, 9.17) is 4.74 Å². The Morgan fingerprint density at radius 2 is 2.24 bits per heavy atom. The number of carbonyl (C=O) groups excluding carboxylic acids is 1. The number of benzene rings is 1. The molecule has 134 valence electrons. The molecule has 7 heteroatoms. The van der Waals surface area contributed by atoms with Crippen molar-refractivity contribution in [1.82, 2.24) is 19.9 Å². The molecule has 1 amide bonds. The van der Waals surface area contributed by atoms with Crippen molar-refractivity contribution in [2.75, 3.05) is 19.7 Å². The van der Waals surface area contributed by atoms with Gasteiger partial charge in [-0.15, -0.1) is 5.10 Å². The predicted octanol–water partition coefficient (Wildman–Crippen LogP) is 1.67. The highest BCUT2D eigenvalue weighted by Crippen LogP contribution is 2.30. The van der Waals surface area contributed by atoms with Crippen molar-refractivity contribution in [1.29, 1.82) is 0 Å². The first kappa shape index (κ1) is 17.4. The molecule has 1 atom stereocenters. The Morgan fingerprint density at radius 3 is 2.92 bits per heavy atom. The molecule has 7 nitrogen and oxygen atoms in total. The van der Waals surface area contributed by atoms with Crippen LogP contribution in [0.25, 0.3) is 0 Å². The van der Waals surface area contributed by atoms with E-state index >= 15 is 0 Å². The molecule has 2 heterocycles. The fraction of sp³-hybridized carbons (Fsp3) is 0.500. The first-order valence-electron chi connectivity index (χ1n) is 8.49. The van der Waals surface area contributed by atoms with Crippen LogP contribution < -0.4 is 4.74 Å². The van der Waals surface area contributed by atoms with Gasteiger partial charge in [-0.25, -0.2) is 4.68 Å². The van der Waals surface area contributed by atoms with Gasteiger partial charge in [0.05, 0.1) is 12.7 Å². The summed E-state index contributed by atoms with van der Waals surface area (Å²) < 4.78 is 7.27. The van der Waals surface area contributed by atoms with Crippen molar-refractivity contribution in [3.63, 3.8) is 0 Å². The van der Waals surface area contributed by atoms with E-state index in [1.54, 1.807) is 15.8 Å². The van der Waals surface area contributed by atoms with E-state index < -0.39 is 5.60 Å². The van der Waals surface area contributed by atoms with E-state index in [-0.39, 0.29) is 25.1 Å². The molecule has 1 aliphatic rings. The molecule has 0 radical (unpaired) electrons. The van der Waals surface area contributed by atoms with Gasteiger partial charge in [0.2, 0.25) is 0 Å². The van der Waals surface area contributed by atoms with Crippen LogP contribution in [0.3, 0.4) is 0 Å². The van der Waals surface area contributed by atoms with Crippen molar-refractivity contribution >= 4 is 5.91 Å². The Kier molecular flexibility index (Phi) is 4.76. The van der Waals surface area contributed by atoms with Gasteiger partial charge in [0.1, 0.15) is 17.0 Å². The minimum Gasteiger partial charge on any atom is -0.484 e. The number of amides is 1. The Balaban J connectivity index is 1.60. The zero-order valence-corrected chi connectivity index (χ0v) is 14.8. The number of β-amino-alcohol motifs (C(OH)–C–C–N with tert-alkyl or cyclic N) is 1. The van der Waals surface area contributed by atoms with E-state index in [9.17, 15) is 9.90 Å². The van der Waals surface area contributed by atoms with Gasteiger partial charge in [-0.1, -0.05) is 17.3 Å². The lowest BCUT2D eigenvalue weighted by atomic mass is 10.00. The molecule has 0 spiro atoms. The third kappa shape index (κ3) is 3.82. The minimum atomic E-state index is -1.15. The fourth-order valence-corrected chi connectivity index (χ4v) is 2.90. The largest absolute Gasteiger partial charge is 0.484 e. The molecule has 0 bridgehead atoms. The van der Waals surface area contributed by atoms with E-state index in [1.807, 2.05) is 45.0 Å². The number of nitrogens with zero attached hydrogens (tertiary/aromatic N) is 4. The predicted molar refractivity (Wildman–Crippen MR) is 92.2 cm³/mol. The summed E-state index contributed by atoms with van der Waals surface area (Å²) in [5, 5.41) is 19.0. The molecule has 3 rings (SSSR count). The van der Waals surface area contributed by atoms with E-state index in [0.29, 0.717) is 24.4 Å². The minimum absolute atomic E-state index is 0.0434.